The van der Waals surface area contributed by atoms with Crippen LogP contribution in [0.15, 0.2) is 6.33 Å². The highest BCUT2D eigenvalue weighted by Crippen LogP contribution is 2.44. The SMILES string of the molecule is O=C(O)C1(n2cnnc2CCC2CCCC2)CC1. The summed E-state index contributed by atoms with van der Waals surface area (Å²) >= 11 is 0. The zero-order chi connectivity index (χ0) is 12.6. The lowest BCUT2D eigenvalue weighted by molar-refractivity contribution is -0.142. The molecule has 1 heterocycles. The minimum atomic E-state index is -0.746. The van der Waals surface area contributed by atoms with Gasteiger partial charge >= 0.3 is 5.97 Å². The van der Waals surface area contributed by atoms with E-state index in [-0.39, 0.29) is 0 Å². The molecule has 5 heteroatoms. The van der Waals surface area contributed by atoms with Crippen molar-refractivity contribution >= 4 is 5.97 Å². The second kappa shape index (κ2) is 4.37. The van der Waals surface area contributed by atoms with Gasteiger partial charge < -0.3 is 9.67 Å². The van der Waals surface area contributed by atoms with Crippen molar-refractivity contribution in [2.45, 2.75) is 56.9 Å². The Hall–Kier alpha value is -1.39. The summed E-state index contributed by atoms with van der Waals surface area (Å²) in [5.41, 5.74) is -0.728. The smallest absolute Gasteiger partial charge is 0.329 e. The normalized spacial score (nSPS) is 22.2. The summed E-state index contributed by atoms with van der Waals surface area (Å²) < 4.78 is 1.80. The van der Waals surface area contributed by atoms with Gasteiger partial charge in [-0.1, -0.05) is 25.7 Å². The minimum Gasteiger partial charge on any atom is -0.479 e. The van der Waals surface area contributed by atoms with Crippen LogP contribution < -0.4 is 0 Å². The van der Waals surface area contributed by atoms with E-state index in [0.29, 0.717) is 12.8 Å². The maximum Gasteiger partial charge on any atom is 0.329 e. The van der Waals surface area contributed by atoms with Gasteiger partial charge in [0.2, 0.25) is 0 Å². The third-order valence-corrected chi connectivity index (χ3v) is 4.45. The summed E-state index contributed by atoms with van der Waals surface area (Å²) in [6, 6.07) is 0. The van der Waals surface area contributed by atoms with Crippen molar-refractivity contribution in [1.82, 2.24) is 14.8 Å². The van der Waals surface area contributed by atoms with Crippen molar-refractivity contribution in [3.05, 3.63) is 12.2 Å². The average molecular weight is 249 g/mol. The van der Waals surface area contributed by atoms with E-state index in [9.17, 15) is 9.90 Å². The fourth-order valence-corrected chi connectivity index (χ4v) is 3.10. The first-order valence-electron chi connectivity index (χ1n) is 6.85. The molecule has 0 saturated heterocycles. The van der Waals surface area contributed by atoms with Crippen molar-refractivity contribution in [2.75, 3.05) is 0 Å². The topological polar surface area (TPSA) is 68.0 Å². The molecular formula is C13H19N3O2. The van der Waals surface area contributed by atoms with Crippen LogP contribution in [0.4, 0.5) is 0 Å². The van der Waals surface area contributed by atoms with Crippen LogP contribution in [-0.4, -0.2) is 25.8 Å². The Balaban J connectivity index is 1.70. The number of aryl methyl sites for hydroxylation is 1. The second-order valence-corrected chi connectivity index (χ2v) is 5.64. The Labute approximate surface area is 106 Å². The van der Waals surface area contributed by atoms with Crippen LogP contribution in [0.5, 0.6) is 0 Å². The molecule has 0 bridgehead atoms. The van der Waals surface area contributed by atoms with Crippen LogP contribution in [-0.2, 0) is 16.8 Å². The summed E-state index contributed by atoms with van der Waals surface area (Å²) in [6.45, 7) is 0. The Kier molecular flexibility index (Phi) is 2.84. The zero-order valence-corrected chi connectivity index (χ0v) is 10.5. The van der Waals surface area contributed by atoms with Gasteiger partial charge in [-0.3, -0.25) is 0 Å². The fraction of sp³-hybridized carbons (Fsp3) is 0.769. The van der Waals surface area contributed by atoms with Gasteiger partial charge in [-0.2, -0.15) is 0 Å². The predicted molar refractivity (Wildman–Crippen MR) is 65.1 cm³/mol. The molecule has 0 radical (unpaired) electrons. The van der Waals surface area contributed by atoms with Crippen LogP contribution in [0.3, 0.4) is 0 Å². The van der Waals surface area contributed by atoms with E-state index in [2.05, 4.69) is 10.2 Å². The van der Waals surface area contributed by atoms with Gasteiger partial charge in [0.15, 0.2) is 0 Å². The summed E-state index contributed by atoms with van der Waals surface area (Å²) in [5, 5.41) is 17.3. The van der Waals surface area contributed by atoms with Gasteiger partial charge in [-0.05, 0) is 25.2 Å². The van der Waals surface area contributed by atoms with E-state index >= 15 is 0 Å². The first-order chi connectivity index (χ1) is 8.72. The van der Waals surface area contributed by atoms with Crippen LogP contribution >= 0.6 is 0 Å². The number of hydrogen-bond donors (Lipinski definition) is 1. The highest BCUT2D eigenvalue weighted by atomic mass is 16.4. The first kappa shape index (κ1) is 11.7. The molecule has 0 spiro atoms. The van der Waals surface area contributed by atoms with Crippen molar-refractivity contribution in [3.63, 3.8) is 0 Å². The lowest BCUT2D eigenvalue weighted by Crippen LogP contribution is -2.28. The maximum absolute atomic E-state index is 11.3. The number of hydrogen-bond acceptors (Lipinski definition) is 3. The molecule has 0 aliphatic heterocycles. The second-order valence-electron chi connectivity index (χ2n) is 5.64. The molecule has 2 saturated carbocycles. The first-order valence-corrected chi connectivity index (χ1v) is 6.85. The highest BCUT2D eigenvalue weighted by molar-refractivity contribution is 5.80. The number of rotatable bonds is 5. The number of nitrogens with zero attached hydrogens (tertiary/aromatic N) is 3. The van der Waals surface area contributed by atoms with Gasteiger partial charge in [0.1, 0.15) is 17.7 Å². The van der Waals surface area contributed by atoms with Crippen LogP contribution in [0.1, 0.15) is 50.8 Å². The highest BCUT2D eigenvalue weighted by Gasteiger charge is 2.53. The minimum absolute atomic E-state index is 0.705. The predicted octanol–water partition coefficient (Wildman–Crippen LogP) is 1.97. The molecule has 0 atom stereocenters. The summed E-state index contributed by atoms with van der Waals surface area (Å²) in [7, 11) is 0. The molecule has 3 rings (SSSR count). The molecule has 18 heavy (non-hydrogen) atoms. The molecule has 2 aliphatic carbocycles. The van der Waals surface area contributed by atoms with Crippen LogP contribution in [0.25, 0.3) is 0 Å². The number of carboxylic acids is 1. The standard InChI is InChI=1S/C13H19N3O2/c17-12(18)13(7-8-13)16-9-14-15-11(16)6-5-10-3-1-2-4-10/h9-10H,1-8H2,(H,17,18). The molecule has 1 aromatic heterocycles. The molecular weight excluding hydrogens is 230 g/mol. The van der Waals surface area contributed by atoms with Crippen LogP contribution in [0.2, 0.25) is 0 Å². The molecule has 1 N–H and O–H groups in total. The number of carboxylic acid groups (broad SMARTS) is 1. The monoisotopic (exact) mass is 249 g/mol. The summed E-state index contributed by atoms with van der Waals surface area (Å²) in [4.78, 5) is 11.3. The number of carbonyl (C=O) groups is 1. The van der Waals surface area contributed by atoms with E-state index in [1.165, 1.54) is 25.7 Å². The van der Waals surface area contributed by atoms with E-state index in [1.807, 2.05) is 0 Å². The third-order valence-electron chi connectivity index (χ3n) is 4.45. The van der Waals surface area contributed by atoms with Crippen molar-refractivity contribution in [1.29, 1.82) is 0 Å². The zero-order valence-electron chi connectivity index (χ0n) is 10.5. The Bertz CT molecular complexity index is 445. The van der Waals surface area contributed by atoms with E-state index in [1.54, 1.807) is 10.9 Å². The van der Waals surface area contributed by atoms with Gasteiger partial charge in [0, 0.05) is 6.42 Å². The number of aromatic nitrogens is 3. The van der Waals surface area contributed by atoms with Crippen molar-refractivity contribution < 1.29 is 9.90 Å². The number of aliphatic carboxylic acids is 1. The van der Waals surface area contributed by atoms with Gasteiger partial charge in [0.25, 0.3) is 0 Å². The van der Waals surface area contributed by atoms with Gasteiger partial charge in [-0.15, -0.1) is 10.2 Å². The van der Waals surface area contributed by atoms with E-state index in [0.717, 1.165) is 24.6 Å². The lowest BCUT2D eigenvalue weighted by Gasteiger charge is -2.15. The Morgan fingerprint density at radius 3 is 2.78 bits per heavy atom. The van der Waals surface area contributed by atoms with Crippen LogP contribution in [0, 0.1) is 5.92 Å². The molecule has 0 amide bonds. The maximum atomic E-state index is 11.3. The van der Waals surface area contributed by atoms with E-state index < -0.39 is 11.5 Å². The molecule has 0 aromatic carbocycles. The Morgan fingerprint density at radius 2 is 2.17 bits per heavy atom. The van der Waals surface area contributed by atoms with Crippen molar-refractivity contribution in [2.24, 2.45) is 5.92 Å². The van der Waals surface area contributed by atoms with Gasteiger partial charge in [-0.25, -0.2) is 4.79 Å². The van der Waals surface area contributed by atoms with Gasteiger partial charge in [0.05, 0.1) is 0 Å². The molecule has 98 valence electrons. The molecule has 1 aromatic rings. The van der Waals surface area contributed by atoms with E-state index in [4.69, 9.17) is 0 Å². The molecule has 5 nitrogen and oxygen atoms in total. The third kappa shape index (κ3) is 1.91. The summed E-state index contributed by atoms with van der Waals surface area (Å²) in [6.07, 6.45) is 10.3. The molecule has 0 unspecified atom stereocenters. The molecule has 2 aliphatic rings. The molecule has 2 fully saturated rings. The quantitative estimate of drug-likeness (QED) is 0.866. The fourth-order valence-electron chi connectivity index (χ4n) is 3.10. The largest absolute Gasteiger partial charge is 0.479 e. The average Bonchev–Trinajstić information content (AvgIpc) is 2.80. The Morgan fingerprint density at radius 1 is 1.44 bits per heavy atom. The lowest BCUT2D eigenvalue weighted by atomic mass is 10.0. The summed E-state index contributed by atoms with van der Waals surface area (Å²) in [5.74, 6) is 0.904. The van der Waals surface area contributed by atoms with Crippen molar-refractivity contribution in [3.8, 4) is 0 Å².